The van der Waals surface area contributed by atoms with E-state index in [9.17, 15) is 9.59 Å². The SMILES string of the molecule is O=C(CCNc1n[nH]c(=S)[nH]c1=O)NCCO. The number of H-pyrrole nitrogens is 2. The number of nitrogens with zero attached hydrogens (tertiary/aromatic N) is 1. The van der Waals surface area contributed by atoms with Crippen molar-refractivity contribution in [2.45, 2.75) is 6.42 Å². The molecule has 0 radical (unpaired) electrons. The Hall–Kier alpha value is -1.74. The second-order valence-corrected chi connectivity index (χ2v) is 3.51. The molecule has 0 aromatic carbocycles. The summed E-state index contributed by atoms with van der Waals surface area (Å²) in [6.45, 7) is 0.379. The van der Waals surface area contributed by atoms with Gasteiger partial charge >= 0.3 is 0 Å². The fourth-order valence-corrected chi connectivity index (χ4v) is 1.18. The highest BCUT2D eigenvalue weighted by Gasteiger charge is 2.03. The van der Waals surface area contributed by atoms with E-state index in [0.717, 1.165) is 0 Å². The van der Waals surface area contributed by atoms with Crippen molar-refractivity contribution in [2.24, 2.45) is 0 Å². The number of carbonyl (C=O) groups is 1. The summed E-state index contributed by atoms with van der Waals surface area (Å²) in [7, 11) is 0. The first-order valence-corrected chi connectivity index (χ1v) is 5.34. The Balaban J connectivity index is 2.38. The first-order chi connectivity index (χ1) is 8.13. The van der Waals surface area contributed by atoms with Crippen LogP contribution >= 0.6 is 12.2 Å². The largest absolute Gasteiger partial charge is 0.395 e. The lowest BCUT2D eigenvalue weighted by molar-refractivity contribution is -0.120. The van der Waals surface area contributed by atoms with Crippen molar-refractivity contribution in [3.8, 4) is 0 Å². The lowest BCUT2D eigenvalue weighted by atomic mass is 10.4. The average Bonchev–Trinajstić information content (AvgIpc) is 2.29. The van der Waals surface area contributed by atoms with Gasteiger partial charge in [0, 0.05) is 19.5 Å². The molecular weight excluding hydrogens is 246 g/mol. The summed E-state index contributed by atoms with van der Waals surface area (Å²) in [6.07, 6.45) is 0.177. The van der Waals surface area contributed by atoms with Crippen LogP contribution < -0.4 is 16.2 Å². The van der Waals surface area contributed by atoms with Crippen molar-refractivity contribution in [1.82, 2.24) is 20.5 Å². The topological polar surface area (TPSA) is 123 Å². The Kier molecular flexibility index (Phi) is 5.30. The normalized spacial score (nSPS) is 9.94. The van der Waals surface area contributed by atoms with Gasteiger partial charge in [0.1, 0.15) is 0 Å². The molecule has 1 aromatic heterocycles. The summed E-state index contributed by atoms with van der Waals surface area (Å²) >= 11 is 4.67. The maximum Gasteiger partial charge on any atom is 0.294 e. The number of anilines is 1. The summed E-state index contributed by atoms with van der Waals surface area (Å²) in [6, 6.07) is 0. The van der Waals surface area contributed by atoms with Crippen molar-refractivity contribution >= 4 is 23.9 Å². The van der Waals surface area contributed by atoms with Gasteiger partial charge in [-0.2, -0.15) is 0 Å². The first-order valence-electron chi connectivity index (χ1n) is 4.94. The summed E-state index contributed by atoms with van der Waals surface area (Å²) in [5.41, 5.74) is -0.440. The van der Waals surface area contributed by atoms with Crippen LogP contribution in [0.4, 0.5) is 5.82 Å². The fraction of sp³-hybridized carbons (Fsp3) is 0.500. The van der Waals surface area contributed by atoms with Crippen LogP contribution in [0.2, 0.25) is 0 Å². The maximum absolute atomic E-state index is 11.3. The van der Waals surface area contributed by atoms with Gasteiger partial charge in [0.25, 0.3) is 5.56 Å². The minimum Gasteiger partial charge on any atom is -0.395 e. The number of hydrogen-bond donors (Lipinski definition) is 5. The summed E-state index contributed by atoms with van der Waals surface area (Å²) in [5, 5.41) is 19.8. The molecule has 94 valence electrons. The number of aliphatic hydroxyl groups is 1. The van der Waals surface area contributed by atoms with Crippen molar-refractivity contribution in [2.75, 3.05) is 25.0 Å². The zero-order chi connectivity index (χ0) is 12.7. The van der Waals surface area contributed by atoms with E-state index in [2.05, 4.69) is 38.0 Å². The molecule has 1 aromatic rings. The third kappa shape index (κ3) is 4.74. The molecule has 0 saturated heterocycles. The summed E-state index contributed by atoms with van der Waals surface area (Å²) in [4.78, 5) is 24.8. The van der Waals surface area contributed by atoms with Gasteiger partial charge in [-0.15, -0.1) is 5.10 Å². The standard InChI is InChI=1S/C8H13N5O3S/c14-4-3-9-5(15)1-2-10-6-7(16)11-8(17)13-12-6/h14H,1-4H2,(H,9,15)(H,10,12)(H2,11,13,16,17). The Morgan fingerprint density at radius 1 is 1.47 bits per heavy atom. The molecule has 0 spiro atoms. The predicted molar refractivity (Wildman–Crippen MR) is 63.2 cm³/mol. The number of rotatable bonds is 6. The van der Waals surface area contributed by atoms with E-state index in [1.54, 1.807) is 0 Å². The van der Waals surface area contributed by atoms with Crippen LogP contribution in [0.1, 0.15) is 6.42 Å². The monoisotopic (exact) mass is 259 g/mol. The molecule has 9 heteroatoms. The van der Waals surface area contributed by atoms with Crippen LogP contribution in [0.25, 0.3) is 0 Å². The molecule has 5 N–H and O–H groups in total. The molecule has 0 aliphatic heterocycles. The zero-order valence-corrected chi connectivity index (χ0v) is 9.76. The van der Waals surface area contributed by atoms with Gasteiger partial charge in [-0.25, -0.2) is 0 Å². The number of nitrogens with one attached hydrogen (secondary N) is 4. The molecule has 0 bridgehead atoms. The van der Waals surface area contributed by atoms with Crippen LogP contribution in [0.5, 0.6) is 0 Å². The average molecular weight is 259 g/mol. The minimum absolute atomic E-state index is 0.0774. The minimum atomic E-state index is -0.440. The van der Waals surface area contributed by atoms with Crippen molar-refractivity contribution in [3.05, 3.63) is 15.1 Å². The quantitative estimate of drug-likeness (QED) is 0.406. The number of hydrogen-bond acceptors (Lipinski definition) is 6. The third-order valence-electron chi connectivity index (χ3n) is 1.79. The molecule has 0 saturated carbocycles. The number of aromatic nitrogens is 3. The van der Waals surface area contributed by atoms with Crippen molar-refractivity contribution in [1.29, 1.82) is 0 Å². The van der Waals surface area contributed by atoms with Gasteiger partial charge < -0.3 is 15.7 Å². The van der Waals surface area contributed by atoms with Crippen LogP contribution in [0.3, 0.4) is 0 Å². The van der Waals surface area contributed by atoms with Crippen LogP contribution in [0, 0.1) is 4.77 Å². The predicted octanol–water partition coefficient (Wildman–Crippen LogP) is -1.26. The number of aromatic amines is 2. The van der Waals surface area contributed by atoms with E-state index in [4.69, 9.17) is 5.11 Å². The molecular formula is C8H13N5O3S. The Morgan fingerprint density at radius 3 is 2.88 bits per heavy atom. The van der Waals surface area contributed by atoms with Gasteiger partial charge in [-0.3, -0.25) is 19.7 Å². The van der Waals surface area contributed by atoms with E-state index in [-0.39, 0.29) is 42.6 Å². The number of carbonyl (C=O) groups excluding carboxylic acids is 1. The molecule has 1 amide bonds. The smallest absolute Gasteiger partial charge is 0.294 e. The lowest BCUT2D eigenvalue weighted by Crippen LogP contribution is -2.28. The Labute approximate surface area is 101 Å². The second kappa shape index (κ2) is 6.76. The van der Waals surface area contributed by atoms with Gasteiger partial charge in [-0.1, -0.05) is 0 Å². The first kappa shape index (κ1) is 13.3. The van der Waals surface area contributed by atoms with E-state index >= 15 is 0 Å². The van der Waals surface area contributed by atoms with Gasteiger partial charge in [0.2, 0.25) is 11.7 Å². The molecule has 8 nitrogen and oxygen atoms in total. The molecule has 17 heavy (non-hydrogen) atoms. The number of aliphatic hydroxyl groups excluding tert-OH is 1. The fourth-order valence-electron chi connectivity index (χ4n) is 1.05. The number of amides is 1. The Bertz CT molecular complexity index is 483. The van der Waals surface area contributed by atoms with Gasteiger partial charge in [-0.05, 0) is 12.2 Å². The molecule has 0 aliphatic carbocycles. The van der Waals surface area contributed by atoms with E-state index < -0.39 is 5.56 Å². The van der Waals surface area contributed by atoms with E-state index in [0.29, 0.717) is 0 Å². The lowest BCUT2D eigenvalue weighted by Gasteiger charge is -2.04. The summed E-state index contributed by atoms with van der Waals surface area (Å²) in [5.74, 6) is -0.139. The highest BCUT2D eigenvalue weighted by atomic mass is 32.1. The van der Waals surface area contributed by atoms with E-state index in [1.807, 2.05) is 0 Å². The van der Waals surface area contributed by atoms with Gasteiger partial charge in [0.05, 0.1) is 6.61 Å². The Morgan fingerprint density at radius 2 is 2.24 bits per heavy atom. The molecule has 0 atom stereocenters. The van der Waals surface area contributed by atoms with Gasteiger partial charge in [0.15, 0.2) is 4.77 Å². The zero-order valence-electron chi connectivity index (χ0n) is 8.95. The summed E-state index contributed by atoms with van der Waals surface area (Å²) < 4.78 is 0.140. The maximum atomic E-state index is 11.3. The highest BCUT2D eigenvalue weighted by Crippen LogP contribution is 1.89. The third-order valence-corrected chi connectivity index (χ3v) is 1.98. The molecule has 1 heterocycles. The van der Waals surface area contributed by atoms with E-state index in [1.165, 1.54) is 0 Å². The van der Waals surface area contributed by atoms with Crippen molar-refractivity contribution in [3.63, 3.8) is 0 Å². The van der Waals surface area contributed by atoms with Crippen LogP contribution in [0.15, 0.2) is 4.79 Å². The van der Waals surface area contributed by atoms with Crippen LogP contribution in [-0.2, 0) is 4.79 Å². The molecule has 1 rings (SSSR count). The molecule has 0 fully saturated rings. The highest BCUT2D eigenvalue weighted by molar-refractivity contribution is 7.71. The molecule has 0 aliphatic rings. The molecule has 0 unspecified atom stereocenters. The van der Waals surface area contributed by atoms with Crippen LogP contribution in [-0.4, -0.2) is 45.9 Å². The van der Waals surface area contributed by atoms with Crippen molar-refractivity contribution < 1.29 is 9.90 Å². The second-order valence-electron chi connectivity index (χ2n) is 3.11.